The molecule has 0 radical (unpaired) electrons. The van der Waals surface area contributed by atoms with E-state index in [4.69, 9.17) is 5.73 Å². The number of rotatable bonds is 2. The molecule has 0 aromatic carbocycles. The Morgan fingerprint density at radius 1 is 1.67 bits per heavy atom. The van der Waals surface area contributed by atoms with Crippen LogP contribution in [-0.4, -0.2) is 38.6 Å². The molecule has 2 heterocycles. The Morgan fingerprint density at radius 3 is 2.94 bits per heavy atom. The van der Waals surface area contributed by atoms with Crippen LogP contribution in [0.25, 0.3) is 0 Å². The number of carbonyl (C=O) groups excluding carboxylic acids is 1. The van der Waals surface area contributed by atoms with Gasteiger partial charge in [0.25, 0.3) is 0 Å². The minimum absolute atomic E-state index is 0.0925. The van der Waals surface area contributed by atoms with Crippen molar-refractivity contribution in [2.24, 2.45) is 5.73 Å². The van der Waals surface area contributed by atoms with Gasteiger partial charge in [-0.25, -0.2) is 0 Å². The molecule has 2 rings (SSSR count). The molecule has 18 heavy (non-hydrogen) atoms. The Morgan fingerprint density at radius 2 is 2.33 bits per heavy atom. The van der Waals surface area contributed by atoms with Crippen LogP contribution in [0.2, 0.25) is 0 Å². The minimum Gasteiger partial charge on any atom is -0.365 e. The van der Waals surface area contributed by atoms with E-state index in [9.17, 15) is 9.90 Å². The number of nitrogens with two attached hydrogens (primary N) is 1. The SMILES string of the molecule is CCC(=O)N1CCSC(N)C1(O)c1ccncc1. The third kappa shape index (κ3) is 2.11. The molecule has 6 heteroatoms. The van der Waals surface area contributed by atoms with Gasteiger partial charge in [-0.15, -0.1) is 11.8 Å². The van der Waals surface area contributed by atoms with Crippen LogP contribution in [0.15, 0.2) is 24.5 Å². The number of pyridine rings is 1. The van der Waals surface area contributed by atoms with E-state index in [2.05, 4.69) is 4.98 Å². The summed E-state index contributed by atoms with van der Waals surface area (Å²) in [7, 11) is 0. The lowest BCUT2D eigenvalue weighted by Gasteiger charge is -2.46. The van der Waals surface area contributed by atoms with Crippen LogP contribution < -0.4 is 5.73 Å². The first-order valence-corrected chi connectivity index (χ1v) is 6.96. The zero-order valence-corrected chi connectivity index (χ0v) is 11.1. The van der Waals surface area contributed by atoms with Crippen LogP contribution >= 0.6 is 11.8 Å². The number of hydrogen-bond donors (Lipinski definition) is 2. The van der Waals surface area contributed by atoms with E-state index in [0.29, 0.717) is 18.5 Å². The van der Waals surface area contributed by atoms with Gasteiger partial charge >= 0.3 is 0 Å². The number of nitrogens with zero attached hydrogens (tertiary/aromatic N) is 2. The molecule has 0 aliphatic carbocycles. The molecular weight excluding hydrogens is 250 g/mol. The topological polar surface area (TPSA) is 79.5 Å². The highest BCUT2D eigenvalue weighted by molar-refractivity contribution is 8.00. The quantitative estimate of drug-likeness (QED) is 0.815. The summed E-state index contributed by atoms with van der Waals surface area (Å²) in [5, 5.41) is 10.4. The standard InChI is InChI=1S/C12H17N3O2S/c1-2-10(16)15-7-8-18-11(13)12(15,17)9-3-5-14-6-4-9/h3-6,11,17H,2,7-8,13H2,1H3. The van der Waals surface area contributed by atoms with Crippen LogP contribution in [0.5, 0.6) is 0 Å². The number of carbonyl (C=O) groups is 1. The smallest absolute Gasteiger partial charge is 0.224 e. The van der Waals surface area contributed by atoms with E-state index in [1.807, 2.05) is 0 Å². The zero-order chi connectivity index (χ0) is 13.2. The molecule has 2 atom stereocenters. The van der Waals surface area contributed by atoms with Crippen molar-refractivity contribution >= 4 is 17.7 Å². The van der Waals surface area contributed by atoms with E-state index >= 15 is 0 Å². The largest absolute Gasteiger partial charge is 0.365 e. The molecule has 1 aromatic rings. The molecule has 3 N–H and O–H groups in total. The minimum atomic E-state index is -1.45. The highest BCUT2D eigenvalue weighted by Gasteiger charge is 2.47. The van der Waals surface area contributed by atoms with Crippen LogP contribution in [0.3, 0.4) is 0 Å². The third-order valence-corrected chi connectivity index (χ3v) is 4.24. The van der Waals surface area contributed by atoms with Crippen molar-refractivity contribution in [2.75, 3.05) is 12.3 Å². The van der Waals surface area contributed by atoms with Crippen molar-refractivity contribution < 1.29 is 9.90 Å². The number of hydrogen-bond acceptors (Lipinski definition) is 5. The Kier molecular flexibility index (Phi) is 3.89. The molecule has 1 aliphatic rings. The van der Waals surface area contributed by atoms with Crippen LogP contribution in [0.1, 0.15) is 18.9 Å². The maximum Gasteiger partial charge on any atom is 0.224 e. The van der Waals surface area contributed by atoms with Gasteiger partial charge in [-0.1, -0.05) is 6.92 Å². The predicted molar refractivity (Wildman–Crippen MR) is 70.6 cm³/mol. The maximum absolute atomic E-state index is 12.0. The second-order valence-corrected chi connectivity index (χ2v) is 5.40. The summed E-state index contributed by atoms with van der Waals surface area (Å²) in [4.78, 5) is 17.4. The monoisotopic (exact) mass is 267 g/mol. The van der Waals surface area contributed by atoms with Crippen LogP contribution in [0.4, 0.5) is 0 Å². The predicted octanol–water partition coefficient (Wildman–Crippen LogP) is 0.497. The van der Waals surface area contributed by atoms with Crippen molar-refractivity contribution in [1.82, 2.24) is 9.88 Å². The molecule has 1 aliphatic heterocycles. The second kappa shape index (κ2) is 5.26. The Labute approximate surface area is 110 Å². The Balaban J connectivity index is 2.43. The third-order valence-electron chi connectivity index (χ3n) is 3.13. The van der Waals surface area contributed by atoms with Gasteiger partial charge in [0.05, 0.1) is 0 Å². The number of thioether (sulfide) groups is 1. The summed E-state index contributed by atoms with van der Waals surface area (Å²) in [5.41, 5.74) is 5.19. The highest BCUT2D eigenvalue weighted by Crippen LogP contribution is 2.37. The fourth-order valence-corrected chi connectivity index (χ4v) is 3.17. The first-order chi connectivity index (χ1) is 8.60. The zero-order valence-electron chi connectivity index (χ0n) is 10.2. The number of aromatic nitrogens is 1. The van der Waals surface area contributed by atoms with E-state index in [1.165, 1.54) is 16.7 Å². The van der Waals surface area contributed by atoms with Crippen molar-refractivity contribution in [3.63, 3.8) is 0 Å². The molecule has 1 amide bonds. The van der Waals surface area contributed by atoms with E-state index in [1.54, 1.807) is 31.5 Å². The molecule has 0 bridgehead atoms. The molecule has 0 saturated carbocycles. The van der Waals surface area contributed by atoms with Crippen molar-refractivity contribution in [1.29, 1.82) is 0 Å². The first-order valence-electron chi connectivity index (χ1n) is 5.91. The van der Waals surface area contributed by atoms with Gasteiger partial charge in [-0.2, -0.15) is 0 Å². The van der Waals surface area contributed by atoms with E-state index in [-0.39, 0.29) is 5.91 Å². The van der Waals surface area contributed by atoms with Gasteiger partial charge in [0, 0.05) is 36.7 Å². The van der Waals surface area contributed by atoms with Crippen LogP contribution in [0, 0.1) is 0 Å². The molecule has 0 spiro atoms. The van der Waals surface area contributed by atoms with Gasteiger partial charge in [0.1, 0.15) is 5.37 Å². The molecule has 2 unspecified atom stereocenters. The maximum atomic E-state index is 12.0. The van der Waals surface area contributed by atoms with Gasteiger partial charge in [0.15, 0.2) is 5.72 Å². The molecule has 1 fully saturated rings. The average molecular weight is 267 g/mol. The molecule has 5 nitrogen and oxygen atoms in total. The number of amides is 1. The molecular formula is C12H17N3O2S. The number of aliphatic hydroxyl groups is 1. The summed E-state index contributed by atoms with van der Waals surface area (Å²) in [6.45, 7) is 2.28. The van der Waals surface area contributed by atoms with E-state index < -0.39 is 11.1 Å². The fourth-order valence-electron chi connectivity index (χ4n) is 2.13. The molecule has 1 saturated heterocycles. The van der Waals surface area contributed by atoms with E-state index in [0.717, 1.165) is 5.75 Å². The van der Waals surface area contributed by atoms with Crippen LogP contribution in [-0.2, 0) is 10.5 Å². The lowest BCUT2D eigenvalue weighted by molar-refractivity contribution is -0.163. The summed E-state index contributed by atoms with van der Waals surface area (Å²) in [5.74, 6) is 0.644. The van der Waals surface area contributed by atoms with Crippen molar-refractivity contribution in [2.45, 2.75) is 24.4 Å². The lowest BCUT2D eigenvalue weighted by Crippen LogP contribution is -2.61. The first kappa shape index (κ1) is 13.3. The molecule has 98 valence electrons. The summed E-state index contributed by atoms with van der Waals surface area (Å²) >= 11 is 1.46. The summed E-state index contributed by atoms with van der Waals surface area (Å²) < 4.78 is 0. The van der Waals surface area contributed by atoms with Gasteiger partial charge < -0.3 is 15.7 Å². The second-order valence-electron chi connectivity index (χ2n) is 4.15. The summed E-state index contributed by atoms with van der Waals surface area (Å²) in [6, 6.07) is 3.39. The van der Waals surface area contributed by atoms with Crippen molar-refractivity contribution in [3.8, 4) is 0 Å². The Hall–Kier alpha value is -1.11. The Bertz CT molecular complexity index is 429. The summed E-state index contributed by atoms with van der Waals surface area (Å²) in [6.07, 6.45) is 3.53. The van der Waals surface area contributed by atoms with Gasteiger partial charge in [-0.3, -0.25) is 9.78 Å². The van der Waals surface area contributed by atoms with Crippen molar-refractivity contribution in [3.05, 3.63) is 30.1 Å². The normalized spacial score (nSPS) is 28.2. The average Bonchev–Trinajstić information content (AvgIpc) is 2.42. The lowest BCUT2D eigenvalue weighted by atomic mass is 10.0. The fraction of sp³-hybridized carbons (Fsp3) is 0.500. The van der Waals surface area contributed by atoms with Gasteiger partial charge in [0.2, 0.25) is 5.91 Å². The highest BCUT2D eigenvalue weighted by atomic mass is 32.2. The van der Waals surface area contributed by atoms with Gasteiger partial charge in [-0.05, 0) is 12.1 Å². The molecule has 1 aromatic heterocycles.